The van der Waals surface area contributed by atoms with Gasteiger partial charge in [0.15, 0.2) is 5.96 Å². The van der Waals surface area contributed by atoms with Crippen LogP contribution in [0.25, 0.3) is 0 Å². The minimum absolute atomic E-state index is 0. The summed E-state index contributed by atoms with van der Waals surface area (Å²) in [5.41, 5.74) is 1.67. The van der Waals surface area contributed by atoms with E-state index in [1.54, 1.807) is 0 Å². The zero-order valence-electron chi connectivity index (χ0n) is 18.0. The van der Waals surface area contributed by atoms with E-state index in [1.807, 2.05) is 7.05 Å². The van der Waals surface area contributed by atoms with Gasteiger partial charge in [0.05, 0.1) is 6.04 Å². The second kappa shape index (κ2) is 13.4. The molecule has 1 saturated carbocycles. The lowest BCUT2D eigenvalue weighted by Gasteiger charge is -2.31. The lowest BCUT2D eigenvalue weighted by molar-refractivity contribution is 0.105. The van der Waals surface area contributed by atoms with Gasteiger partial charge in [-0.25, -0.2) is 0 Å². The van der Waals surface area contributed by atoms with Crippen LogP contribution in [0.15, 0.2) is 35.3 Å². The number of nitrogens with one attached hydrogen (secondary N) is 2. The average Bonchev–Trinajstić information content (AvgIpc) is 3.14. The molecule has 0 radical (unpaired) electrons. The largest absolute Gasteiger partial charge is 0.382 e. The standard InChI is InChI=1S/C22H38N4O.HI/c1-5-27-16-15-22(13-9-10-14-22)18-25-21(23-2)24-17-20(26(3)4)19-11-7-6-8-12-19;/h6-8,11-12,20H,5,9-10,13-18H2,1-4H3,(H2,23,24,25);1H. The van der Waals surface area contributed by atoms with Gasteiger partial charge in [0.1, 0.15) is 0 Å². The summed E-state index contributed by atoms with van der Waals surface area (Å²) in [6.45, 7) is 5.53. The molecule has 1 fully saturated rings. The Morgan fingerprint density at radius 1 is 1.18 bits per heavy atom. The number of hydrogen-bond acceptors (Lipinski definition) is 3. The maximum atomic E-state index is 5.63. The van der Waals surface area contributed by atoms with Gasteiger partial charge >= 0.3 is 0 Å². The molecule has 0 saturated heterocycles. The van der Waals surface area contributed by atoms with Gasteiger partial charge in [0.2, 0.25) is 0 Å². The molecule has 1 aliphatic rings. The first kappa shape index (κ1) is 25.2. The zero-order chi connectivity index (χ0) is 19.5. The third-order valence-electron chi connectivity index (χ3n) is 5.77. The molecule has 0 amide bonds. The van der Waals surface area contributed by atoms with Crippen molar-refractivity contribution in [2.75, 3.05) is 47.4 Å². The highest BCUT2D eigenvalue weighted by molar-refractivity contribution is 14.0. The minimum Gasteiger partial charge on any atom is -0.382 e. The van der Waals surface area contributed by atoms with E-state index in [-0.39, 0.29) is 24.0 Å². The Morgan fingerprint density at radius 2 is 1.86 bits per heavy atom. The first-order valence-corrected chi connectivity index (χ1v) is 10.3. The highest BCUT2D eigenvalue weighted by Crippen LogP contribution is 2.40. The van der Waals surface area contributed by atoms with Crippen LogP contribution in [0.1, 0.15) is 50.6 Å². The molecule has 1 atom stereocenters. The van der Waals surface area contributed by atoms with Crippen molar-refractivity contribution in [2.24, 2.45) is 10.4 Å². The summed E-state index contributed by atoms with van der Waals surface area (Å²) in [6, 6.07) is 10.9. The number of nitrogens with zero attached hydrogens (tertiary/aromatic N) is 2. The molecule has 0 heterocycles. The van der Waals surface area contributed by atoms with Crippen molar-refractivity contribution >= 4 is 29.9 Å². The number of likely N-dealkylation sites (N-methyl/N-ethyl adjacent to an activating group) is 1. The molecule has 2 N–H and O–H groups in total. The predicted molar refractivity (Wildman–Crippen MR) is 130 cm³/mol. The third-order valence-corrected chi connectivity index (χ3v) is 5.77. The van der Waals surface area contributed by atoms with Gasteiger partial charge in [-0.2, -0.15) is 0 Å². The van der Waals surface area contributed by atoms with E-state index in [2.05, 4.69) is 71.9 Å². The molecule has 0 bridgehead atoms. The van der Waals surface area contributed by atoms with Gasteiger partial charge in [0.25, 0.3) is 0 Å². The molecule has 5 nitrogen and oxygen atoms in total. The zero-order valence-corrected chi connectivity index (χ0v) is 20.4. The van der Waals surface area contributed by atoms with Crippen LogP contribution in [0.4, 0.5) is 0 Å². The van der Waals surface area contributed by atoms with Crippen molar-refractivity contribution in [2.45, 2.75) is 45.1 Å². The topological polar surface area (TPSA) is 48.9 Å². The summed E-state index contributed by atoms with van der Waals surface area (Å²) in [4.78, 5) is 6.69. The second-order valence-corrected chi connectivity index (χ2v) is 7.85. The van der Waals surface area contributed by atoms with Crippen molar-refractivity contribution in [3.05, 3.63) is 35.9 Å². The van der Waals surface area contributed by atoms with Gasteiger partial charge < -0.3 is 20.3 Å². The summed E-state index contributed by atoms with van der Waals surface area (Å²) in [5, 5.41) is 7.11. The summed E-state index contributed by atoms with van der Waals surface area (Å²) < 4.78 is 5.63. The molecule has 1 aliphatic carbocycles. The van der Waals surface area contributed by atoms with Crippen LogP contribution in [-0.2, 0) is 4.74 Å². The van der Waals surface area contributed by atoms with Crippen LogP contribution in [0.3, 0.4) is 0 Å². The van der Waals surface area contributed by atoms with Crippen molar-refractivity contribution in [1.82, 2.24) is 15.5 Å². The average molecular weight is 502 g/mol. The Balaban J connectivity index is 0.00000392. The van der Waals surface area contributed by atoms with Gasteiger partial charge in [0, 0.05) is 33.4 Å². The fraction of sp³-hybridized carbons (Fsp3) is 0.682. The maximum Gasteiger partial charge on any atom is 0.191 e. The molecular weight excluding hydrogens is 463 g/mol. The summed E-state index contributed by atoms with van der Waals surface area (Å²) in [5.74, 6) is 0.889. The number of hydrogen-bond donors (Lipinski definition) is 2. The third kappa shape index (κ3) is 7.87. The molecule has 160 valence electrons. The molecular formula is C22H39IN4O. The van der Waals surface area contributed by atoms with Crippen LogP contribution in [0.2, 0.25) is 0 Å². The van der Waals surface area contributed by atoms with Crippen molar-refractivity contribution in [3.8, 4) is 0 Å². The van der Waals surface area contributed by atoms with E-state index < -0.39 is 0 Å². The highest BCUT2D eigenvalue weighted by Gasteiger charge is 2.33. The Hall–Kier alpha value is -0.860. The second-order valence-electron chi connectivity index (χ2n) is 7.85. The number of aliphatic imine (C=N–C) groups is 1. The Bertz CT molecular complexity index is 559. The summed E-state index contributed by atoms with van der Waals surface area (Å²) in [7, 11) is 6.09. The first-order chi connectivity index (χ1) is 13.1. The molecule has 2 rings (SSSR count). The van der Waals surface area contributed by atoms with Crippen LogP contribution >= 0.6 is 24.0 Å². The van der Waals surface area contributed by atoms with Gasteiger partial charge in [-0.1, -0.05) is 43.2 Å². The fourth-order valence-corrected chi connectivity index (χ4v) is 4.03. The van der Waals surface area contributed by atoms with Gasteiger partial charge in [-0.05, 0) is 51.3 Å². The van der Waals surface area contributed by atoms with Crippen LogP contribution in [0.5, 0.6) is 0 Å². The van der Waals surface area contributed by atoms with E-state index in [0.717, 1.165) is 38.7 Å². The van der Waals surface area contributed by atoms with Gasteiger partial charge in [-0.3, -0.25) is 4.99 Å². The summed E-state index contributed by atoms with van der Waals surface area (Å²) >= 11 is 0. The maximum absolute atomic E-state index is 5.63. The molecule has 0 spiro atoms. The fourth-order valence-electron chi connectivity index (χ4n) is 4.03. The van der Waals surface area contributed by atoms with Gasteiger partial charge in [-0.15, -0.1) is 24.0 Å². The van der Waals surface area contributed by atoms with Crippen molar-refractivity contribution in [1.29, 1.82) is 0 Å². The quantitative estimate of drug-likeness (QED) is 0.219. The van der Waals surface area contributed by atoms with Crippen LogP contribution in [0, 0.1) is 5.41 Å². The number of ether oxygens (including phenoxy) is 1. The van der Waals surface area contributed by atoms with E-state index >= 15 is 0 Å². The molecule has 0 aromatic heterocycles. The molecule has 6 heteroatoms. The smallest absolute Gasteiger partial charge is 0.191 e. The number of halogens is 1. The SMILES string of the molecule is CCOCCC1(CNC(=NC)NCC(c2ccccc2)N(C)C)CCCC1.I. The monoisotopic (exact) mass is 502 g/mol. The molecule has 0 aliphatic heterocycles. The van der Waals surface area contributed by atoms with E-state index in [9.17, 15) is 0 Å². The van der Waals surface area contributed by atoms with Crippen molar-refractivity contribution in [3.63, 3.8) is 0 Å². The van der Waals surface area contributed by atoms with E-state index in [4.69, 9.17) is 4.74 Å². The van der Waals surface area contributed by atoms with Crippen LogP contribution in [-0.4, -0.2) is 58.3 Å². The number of guanidine groups is 1. The van der Waals surface area contributed by atoms with Crippen molar-refractivity contribution < 1.29 is 4.74 Å². The molecule has 1 unspecified atom stereocenters. The Labute approximate surface area is 188 Å². The normalized spacial score (nSPS) is 17.2. The van der Waals surface area contributed by atoms with E-state index in [0.29, 0.717) is 11.5 Å². The number of rotatable bonds is 10. The van der Waals surface area contributed by atoms with E-state index in [1.165, 1.54) is 31.2 Å². The lowest BCUT2D eigenvalue weighted by atomic mass is 9.83. The first-order valence-electron chi connectivity index (χ1n) is 10.3. The Kier molecular flexibility index (Phi) is 12.0. The molecule has 1 aromatic rings. The lowest BCUT2D eigenvalue weighted by Crippen LogP contribution is -2.45. The Morgan fingerprint density at radius 3 is 2.43 bits per heavy atom. The molecule has 1 aromatic carbocycles. The molecule has 28 heavy (non-hydrogen) atoms. The predicted octanol–water partition coefficient (Wildman–Crippen LogP) is 4.06. The van der Waals surface area contributed by atoms with Crippen LogP contribution < -0.4 is 10.6 Å². The minimum atomic E-state index is 0. The summed E-state index contributed by atoms with van der Waals surface area (Å²) in [6.07, 6.45) is 6.37. The number of benzene rings is 1. The highest BCUT2D eigenvalue weighted by atomic mass is 127.